The van der Waals surface area contributed by atoms with Crippen molar-refractivity contribution < 1.29 is 0 Å². The molecule has 11 aromatic rings. The Morgan fingerprint density at radius 1 is 0.259 bits per heavy atom. The van der Waals surface area contributed by atoms with Gasteiger partial charge < -0.3 is 19.8 Å². The average Bonchev–Trinajstić information content (AvgIpc) is 3.87. The number of aromatic amines is 2. The first-order valence-electron chi connectivity index (χ1n) is 19.8. The summed E-state index contributed by atoms with van der Waals surface area (Å²) >= 11 is 0. The van der Waals surface area contributed by atoms with Gasteiger partial charge >= 0.3 is 0 Å². The van der Waals surface area contributed by atoms with Crippen LogP contribution in [-0.2, 0) is 0 Å². The number of benzene rings is 9. The number of hydrogen-bond donors (Lipinski definition) is 2. The maximum absolute atomic E-state index is 3.93. The Morgan fingerprint density at radius 3 is 0.862 bits per heavy atom. The molecule has 11 rings (SSSR count). The molecule has 0 bridgehead atoms. The number of H-pyrrole nitrogens is 2. The summed E-state index contributed by atoms with van der Waals surface area (Å²) in [5.41, 5.74) is 15.8. The minimum atomic E-state index is 1.10. The van der Waals surface area contributed by atoms with Gasteiger partial charge in [-0.25, -0.2) is 0 Å². The van der Waals surface area contributed by atoms with Crippen LogP contribution in [0, 0.1) is 0 Å². The lowest BCUT2D eigenvalue weighted by molar-refractivity contribution is 1.28. The predicted molar refractivity (Wildman–Crippen MR) is 245 cm³/mol. The Labute approximate surface area is 336 Å². The van der Waals surface area contributed by atoms with E-state index in [4.69, 9.17) is 0 Å². The third-order valence-corrected chi connectivity index (χ3v) is 11.3. The minimum Gasteiger partial charge on any atom is -0.354 e. The van der Waals surface area contributed by atoms with Crippen molar-refractivity contribution in [1.29, 1.82) is 0 Å². The zero-order valence-electron chi connectivity index (χ0n) is 31.7. The van der Waals surface area contributed by atoms with Gasteiger partial charge in [-0.1, -0.05) is 133 Å². The molecular formula is C54H38N4. The highest BCUT2D eigenvalue weighted by atomic mass is 15.1. The number of nitrogens with zero attached hydrogens (tertiary/aromatic N) is 2. The monoisotopic (exact) mass is 742 g/mol. The molecule has 0 unspecified atom stereocenters. The zero-order chi connectivity index (χ0) is 38.4. The van der Waals surface area contributed by atoms with Crippen molar-refractivity contribution in [3.63, 3.8) is 0 Å². The van der Waals surface area contributed by atoms with Crippen LogP contribution in [0.1, 0.15) is 0 Å². The van der Waals surface area contributed by atoms with E-state index in [1.165, 1.54) is 32.7 Å². The summed E-state index contributed by atoms with van der Waals surface area (Å²) in [6.07, 6.45) is 0. The summed E-state index contributed by atoms with van der Waals surface area (Å²) in [4.78, 5) is 12.5. The van der Waals surface area contributed by atoms with Gasteiger partial charge in [0.05, 0.1) is 11.0 Å². The summed E-state index contributed by atoms with van der Waals surface area (Å²) in [7, 11) is 0. The Hall–Kier alpha value is -7.82. The smallest absolute Gasteiger partial charge is 0.0558 e. The fraction of sp³-hybridized carbons (Fsp3) is 0. The maximum atomic E-state index is 3.93. The molecule has 0 atom stereocenters. The van der Waals surface area contributed by atoms with Crippen molar-refractivity contribution in [3.8, 4) is 22.3 Å². The topological polar surface area (TPSA) is 38.1 Å². The van der Waals surface area contributed by atoms with Gasteiger partial charge in [0, 0.05) is 77.8 Å². The lowest BCUT2D eigenvalue weighted by Gasteiger charge is -2.26. The van der Waals surface area contributed by atoms with Gasteiger partial charge in [0.2, 0.25) is 0 Å². The Balaban J connectivity index is 1.13. The van der Waals surface area contributed by atoms with Crippen LogP contribution < -0.4 is 9.80 Å². The van der Waals surface area contributed by atoms with Crippen LogP contribution >= 0.6 is 0 Å². The number of aromatic nitrogens is 2. The summed E-state index contributed by atoms with van der Waals surface area (Å²) in [6, 6.07) is 77.9. The molecule has 0 amide bonds. The van der Waals surface area contributed by atoms with Crippen molar-refractivity contribution in [2.45, 2.75) is 0 Å². The molecule has 0 saturated heterocycles. The Morgan fingerprint density at radius 2 is 0.534 bits per heavy atom. The maximum Gasteiger partial charge on any atom is 0.0558 e. The van der Waals surface area contributed by atoms with E-state index in [1.54, 1.807) is 0 Å². The molecule has 4 nitrogen and oxygen atoms in total. The SMILES string of the molecule is c1ccc(N(c2ccccc2)c2ccc(-c3c4[nH]c5ccccc5c4c(-c4ccc(N(c5ccccc5)c5ccccc5)cc4)c4[nH]c5ccccc5c34)cc2)cc1. The van der Waals surface area contributed by atoms with Crippen molar-refractivity contribution in [2.24, 2.45) is 0 Å². The van der Waals surface area contributed by atoms with Crippen LogP contribution in [-0.4, -0.2) is 9.97 Å². The third kappa shape index (κ3) is 5.62. The third-order valence-electron chi connectivity index (χ3n) is 11.3. The molecule has 58 heavy (non-hydrogen) atoms. The van der Waals surface area contributed by atoms with Crippen LogP contribution in [0.4, 0.5) is 34.1 Å². The number of rotatable bonds is 8. The van der Waals surface area contributed by atoms with Crippen molar-refractivity contribution in [1.82, 2.24) is 9.97 Å². The molecule has 4 heteroatoms. The highest BCUT2D eigenvalue weighted by Crippen LogP contribution is 2.49. The molecule has 0 fully saturated rings. The standard InChI is InChI=1S/C54H38N4/c1-5-17-39(18-6-1)57(40-19-7-2-8-20-40)43-33-29-37(30-34-43)49-51-45-25-13-15-27-47(45)56-54(51)50(52-46-26-14-16-28-48(46)55-53(49)52)38-31-35-44(36-32-38)58(41-21-9-3-10-22-41)42-23-11-4-12-24-42/h1-36,55-56H. The van der Waals surface area contributed by atoms with Gasteiger partial charge in [-0.3, -0.25) is 0 Å². The molecule has 0 spiro atoms. The van der Waals surface area contributed by atoms with Gasteiger partial charge in [0.1, 0.15) is 0 Å². The molecule has 0 aliphatic carbocycles. The normalized spacial score (nSPS) is 11.4. The molecule has 2 aromatic heterocycles. The molecule has 2 N–H and O–H groups in total. The second-order valence-corrected chi connectivity index (χ2v) is 14.7. The molecule has 0 radical (unpaired) electrons. The van der Waals surface area contributed by atoms with E-state index >= 15 is 0 Å². The second-order valence-electron chi connectivity index (χ2n) is 14.7. The molecular weight excluding hydrogens is 705 g/mol. The number of fused-ring (bicyclic) bond motifs is 6. The number of hydrogen-bond acceptors (Lipinski definition) is 2. The zero-order valence-corrected chi connectivity index (χ0v) is 31.7. The summed E-state index contributed by atoms with van der Waals surface area (Å²) in [6.45, 7) is 0. The quantitative estimate of drug-likeness (QED) is 0.163. The lowest BCUT2D eigenvalue weighted by Crippen LogP contribution is -2.09. The van der Waals surface area contributed by atoms with Gasteiger partial charge in [-0.2, -0.15) is 0 Å². The predicted octanol–water partition coefficient (Wildman–Crippen LogP) is 15.2. The average molecular weight is 743 g/mol. The molecule has 274 valence electrons. The summed E-state index contributed by atoms with van der Waals surface area (Å²) in [5.74, 6) is 0. The number of anilines is 6. The van der Waals surface area contributed by atoms with E-state index in [0.717, 1.165) is 67.3 Å². The van der Waals surface area contributed by atoms with Crippen LogP contribution in [0.2, 0.25) is 0 Å². The largest absolute Gasteiger partial charge is 0.354 e. The number of para-hydroxylation sites is 6. The fourth-order valence-corrected chi connectivity index (χ4v) is 8.76. The molecule has 9 aromatic carbocycles. The summed E-state index contributed by atoms with van der Waals surface area (Å²) < 4.78 is 0. The fourth-order valence-electron chi connectivity index (χ4n) is 8.76. The van der Waals surface area contributed by atoms with Gasteiger partial charge in [-0.15, -0.1) is 0 Å². The Bertz CT molecular complexity index is 2890. The molecule has 2 heterocycles. The van der Waals surface area contributed by atoms with Gasteiger partial charge in [0.25, 0.3) is 0 Å². The first kappa shape index (κ1) is 33.5. The number of nitrogens with one attached hydrogen (secondary N) is 2. The van der Waals surface area contributed by atoms with E-state index in [2.05, 4.69) is 238 Å². The lowest BCUT2D eigenvalue weighted by atomic mass is 9.90. The van der Waals surface area contributed by atoms with Crippen LogP contribution in [0.5, 0.6) is 0 Å². The second kappa shape index (κ2) is 14.0. The molecule has 0 aliphatic rings. The Kier molecular flexibility index (Phi) is 8.11. The van der Waals surface area contributed by atoms with Gasteiger partial charge in [-0.05, 0) is 96.1 Å². The molecule has 0 aliphatic heterocycles. The summed E-state index contributed by atoms with van der Waals surface area (Å²) in [5, 5.41) is 4.81. The van der Waals surface area contributed by atoms with E-state index in [-0.39, 0.29) is 0 Å². The van der Waals surface area contributed by atoms with Crippen molar-refractivity contribution in [2.75, 3.05) is 9.80 Å². The van der Waals surface area contributed by atoms with Crippen molar-refractivity contribution in [3.05, 3.63) is 218 Å². The minimum absolute atomic E-state index is 1.10. The highest BCUT2D eigenvalue weighted by molar-refractivity contribution is 6.31. The van der Waals surface area contributed by atoms with Gasteiger partial charge in [0.15, 0.2) is 0 Å². The van der Waals surface area contributed by atoms with Crippen molar-refractivity contribution >= 4 is 77.7 Å². The van der Waals surface area contributed by atoms with E-state index in [0.29, 0.717) is 0 Å². The van der Waals surface area contributed by atoms with E-state index in [1.807, 2.05) is 0 Å². The first-order valence-corrected chi connectivity index (χ1v) is 19.8. The van der Waals surface area contributed by atoms with E-state index < -0.39 is 0 Å². The molecule has 0 saturated carbocycles. The van der Waals surface area contributed by atoms with Crippen LogP contribution in [0.15, 0.2) is 218 Å². The van der Waals surface area contributed by atoms with Crippen LogP contribution in [0.25, 0.3) is 65.9 Å². The highest BCUT2D eigenvalue weighted by Gasteiger charge is 2.24. The van der Waals surface area contributed by atoms with E-state index in [9.17, 15) is 0 Å². The first-order chi connectivity index (χ1) is 28.8. The van der Waals surface area contributed by atoms with Crippen LogP contribution in [0.3, 0.4) is 0 Å².